The average molecular weight is 363 g/mol. The highest BCUT2D eigenvalue weighted by Gasteiger charge is 2.06. The van der Waals surface area contributed by atoms with E-state index in [4.69, 9.17) is 4.74 Å². The van der Waals surface area contributed by atoms with Gasteiger partial charge in [0, 0.05) is 23.4 Å². The second-order valence-electron chi connectivity index (χ2n) is 5.25. The Balaban J connectivity index is 1.93. The van der Waals surface area contributed by atoms with E-state index in [1.807, 2.05) is 38.1 Å². The van der Waals surface area contributed by atoms with Gasteiger partial charge in [-0.2, -0.15) is 0 Å². The lowest BCUT2D eigenvalue weighted by Crippen LogP contribution is -2.23. The number of hydrogen-bond acceptors (Lipinski definition) is 3. The van der Waals surface area contributed by atoms with E-state index in [0.717, 1.165) is 15.6 Å². The molecule has 0 atom stereocenters. The molecule has 0 aliphatic rings. The Labute approximate surface area is 139 Å². The van der Waals surface area contributed by atoms with Gasteiger partial charge >= 0.3 is 0 Å². The summed E-state index contributed by atoms with van der Waals surface area (Å²) < 4.78 is 6.38. The van der Waals surface area contributed by atoms with Crippen molar-refractivity contribution in [3.05, 3.63) is 63.9 Å². The van der Waals surface area contributed by atoms with Gasteiger partial charge in [0.2, 0.25) is 0 Å². The van der Waals surface area contributed by atoms with Gasteiger partial charge in [-0.25, -0.2) is 0 Å². The molecular formula is C17H19BrN2O2. The molecule has 22 heavy (non-hydrogen) atoms. The topological polar surface area (TPSA) is 51.2 Å². The molecule has 0 radical (unpaired) electrons. The molecule has 0 aliphatic carbocycles. The molecule has 2 aromatic rings. The fourth-order valence-electron chi connectivity index (χ4n) is 1.91. The normalized spacial score (nSPS) is 10.7. The van der Waals surface area contributed by atoms with Crippen molar-refractivity contribution in [3.8, 4) is 0 Å². The SMILES string of the molecule is CC(C)OCc1cccc(CNC(=O)c2cncc(Br)c2)c1. The summed E-state index contributed by atoms with van der Waals surface area (Å²) in [5.41, 5.74) is 2.68. The molecule has 0 saturated heterocycles. The van der Waals surface area contributed by atoms with Crippen LogP contribution in [-0.2, 0) is 17.9 Å². The van der Waals surface area contributed by atoms with Crippen LogP contribution in [0.5, 0.6) is 0 Å². The number of halogens is 1. The van der Waals surface area contributed by atoms with Gasteiger partial charge in [0.25, 0.3) is 5.91 Å². The van der Waals surface area contributed by atoms with E-state index in [-0.39, 0.29) is 12.0 Å². The first-order valence-corrected chi connectivity index (χ1v) is 7.92. The Hall–Kier alpha value is -1.72. The molecule has 0 saturated carbocycles. The minimum absolute atomic E-state index is 0.141. The number of rotatable bonds is 6. The zero-order valence-electron chi connectivity index (χ0n) is 12.7. The molecule has 2 rings (SSSR count). The minimum atomic E-state index is -0.141. The quantitative estimate of drug-likeness (QED) is 0.852. The zero-order valence-corrected chi connectivity index (χ0v) is 14.3. The highest BCUT2D eigenvalue weighted by molar-refractivity contribution is 9.10. The third-order valence-electron chi connectivity index (χ3n) is 2.99. The monoisotopic (exact) mass is 362 g/mol. The van der Waals surface area contributed by atoms with Crippen LogP contribution >= 0.6 is 15.9 Å². The number of hydrogen-bond donors (Lipinski definition) is 1. The Morgan fingerprint density at radius 2 is 2.05 bits per heavy atom. The van der Waals surface area contributed by atoms with E-state index in [9.17, 15) is 4.79 Å². The molecule has 1 aromatic heterocycles. The highest BCUT2D eigenvalue weighted by atomic mass is 79.9. The van der Waals surface area contributed by atoms with Crippen molar-refractivity contribution in [2.24, 2.45) is 0 Å². The second-order valence-corrected chi connectivity index (χ2v) is 6.17. The molecule has 0 fully saturated rings. The molecule has 1 amide bonds. The van der Waals surface area contributed by atoms with E-state index in [1.165, 1.54) is 0 Å². The average Bonchev–Trinajstić information content (AvgIpc) is 2.51. The number of carbonyl (C=O) groups excluding carboxylic acids is 1. The number of pyridine rings is 1. The lowest BCUT2D eigenvalue weighted by molar-refractivity contribution is 0.0657. The zero-order chi connectivity index (χ0) is 15.9. The van der Waals surface area contributed by atoms with Crippen LogP contribution in [0.2, 0.25) is 0 Å². The minimum Gasteiger partial charge on any atom is -0.374 e. The number of ether oxygens (including phenoxy) is 1. The number of aromatic nitrogens is 1. The fraction of sp³-hybridized carbons (Fsp3) is 0.294. The molecule has 1 N–H and O–H groups in total. The van der Waals surface area contributed by atoms with E-state index in [1.54, 1.807) is 18.5 Å². The Morgan fingerprint density at radius 1 is 1.27 bits per heavy atom. The standard InChI is InChI=1S/C17H19BrN2O2/c1-12(2)22-11-14-5-3-4-13(6-14)8-20-17(21)15-7-16(18)10-19-9-15/h3-7,9-10,12H,8,11H2,1-2H3,(H,20,21). The smallest absolute Gasteiger partial charge is 0.253 e. The van der Waals surface area contributed by atoms with Crippen molar-refractivity contribution in [2.75, 3.05) is 0 Å². The van der Waals surface area contributed by atoms with Crippen molar-refractivity contribution in [3.63, 3.8) is 0 Å². The van der Waals surface area contributed by atoms with Crippen molar-refractivity contribution in [1.29, 1.82) is 0 Å². The van der Waals surface area contributed by atoms with Crippen molar-refractivity contribution in [1.82, 2.24) is 10.3 Å². The second kappa shape index (κ2) is 8.06. The van der Waals surface area contributed by atoms with Crippen LogP contribution in [0, 0.1) is 0 Å². The number of nitrogens with one attached hydrogen (secondary N) is 1. The van der Waals surface area contributed by atoms with Gasteiger partial charge in [-0.15, -0.1) is 0 Å². The molecular weight excluding hydrogens is 344 g/mol. The molecule has 1 aromatic carbocycles. The third-order valence-corrected chi connectivity index (χ3v) is 3.43. The molecule has 4 nitrogen and oxygen atoms in total. The summed E-state index contributed by atoms with van der Waals surface area (Å²) in [4.78, 5) is 16.1. The van der Waals surface area contributed by atoms with Crippen LogP contribution < -0.4 is 5.32 Å². The van der Waals surface area contributed by atoms with Crippen LogP contribution in [0.1, 0.15) is 35.3 Å². The first-order valence-electron chi connectivity index (χ1n) is 7.13. The molecule has 1 heterocycles. The van der Waals surface area contributed by atoms with Gasteiger partial charge in [0.1, 0.15) is 0 Å². The molecule has 0 unspecified atom stereocenters. The Bertz CT molecular complexity index is 644. The molecule has 5 heteroatoms. The van der Waals surface area contributed by atoms with Gasteiger partial charge in [-0.05, 0) is 47.0 Å². The van der Waals surface area contributed by atoms with Crippen molar-refractivity contribution in [2.45, 2.75) is 33.1 Å². The summed E-state index contributed by atoms with van der Waals surface area (Å²) in [5.74, 6) is -0.141. The summed E-state index contributed by atoms with van der Waals surface area (Å²) in [6.45, 7) is 5.07. The van der Waals surface area contributed by atoms with Crippen LogP contribution in [0.4, 0.5) is 0 Å². The lowest BCUT2D eigenvalue weighted by atomic mass is 10.1. The van der Waals surface area contributed by atoms with E-state index in [0.29, 0.717) is 18.7 Å². The maximum Gasteiger partial charge on any atom is 0.253 e. The summed E-state index contributed by atoms with van der Waals surface area (Å²) >= 11 is 3.31. The number of amides is 1. The maximum absolute atomic E-state index is 12.1. The predicted molar refractivity (Wildman–Crippen MR) is 89.5 cm³/mol. The Kier molecular flexibility index (Phi) is 6.10. The molecule has 116 valence electrons. The van der Waals surface area contributed by atoms with Crippen LogP contribution in [0.3, 0.4) is 0 Å². The van der Waals surface area contributed by atoms with E-state index < -0.39 is 0 Å². The van der Waals surface area contributed by atoms with Gasteiger partial charge in [-0.3, -0.25) is 9.78 Å². The van der Waals surface area contributed by atoms with Crippen LogP contribution in [0.15, 0.2) is 47.2 Å². The summed E-state index contributed by atoms with van der Waals surface area (Å²) in [7, 11) is 0. The molecule has 0 aliphatic heterocycles. The van der Waals surface area contributed by atoms with E-state index >= 15 is 0 Å². The van der Waals surface area contributed by atoms with Gasteiger partial charge in [-0.1, -0.05) is 24.3 Å². The van der Waals surface area contributed by atoms with Crippen LogP contribution in [-0.4, -0.2) is 17.0 Å². The maximum atomic E-state index is 12.1. The van der Waals surface area contributed by atoms with Crippen LogP contribution in [0.25, 0.3) is 0 Å². The first-order chi connectivity index (χ1) is 10.5. The third kappa shape index (κ3) is 5.24. The van der Waals surface area contributed by atoms with E-state index in [2.05, 4.69) is 26.2 Å². The van der Waals surface area contributed by atoms with Crippen molar-refractivity contribution < 1.29 is 9.53 Å². The largest absolute Gasteiger partial charge is 0.374 e. The summed E-state index contributed by atoms with van der Waals surface area (Å²) in [6, 6.07) is 9.77. The highest BCUT2D eigenvalue weighted by Crippen LogP contribution is 2.11. The summed E-state index contributed by atoms with van der Waals surface area (Å²) in [6.07, 6.45) is 3.40. The molecule has 0 spiro atoms. The number of benzene rings is 1. The van der Waals surface area contributed by atoms with Gasteiger partial charge in [0.15, 0.2) is 0 Å². The lowest BCUT2D eigenvalue weighted by Gasteiger charge is -2.10. The molecule has 0 bridgehead atoms. The number of nitrogens with zero attached hydrogens (tertiary/aromatic N) is 1. The summed E-state index contributed by atoms with van der Waals surface area (Å²) in [5, 5.41) is 2.89. The predicted octanol–water partition coefficient (Wildman–Crippen LogP) is 3.70. The Morgan fingerprint density at radius 3 is 2.77 bits per heavy atom. The first kappa shape index (κ1) is 16.6. The van der Waals surface area contributed by atoms with Gasteiger partial charge < -0.3 is 10.1 Å². The van der Waals surface area contributed by atoms with Gasteiger partial charge in [0.05, 0.1) is 18.3 Å². The fourth-order valence-corrected chi connectivity index (χ4v) is 2.28. The van der Waals surface area contributed by atoms with Crippen molar-refractivity contribution >= 4 is 21.8 Å². The number of carbonyl (C=O) groups is 1.